The summed E-state index contributed by atoms with van der Waals surface area (Å²) < 4.78 is 5.26. The van der Waals surface area contributed by atoms with Gasteiger partial charge in [-0.2, -0.15) is 0 Å². The Morgan fingerprint density at radius 3 is 2.82 bits per heavy atom. The van der Waals surface area contributed by atoms with Gasteiger partial charge in [-0.3, -0.25) is 4.79 Å². The minimum Gasteiger partial charge on any atom is -0.469 e. The number of carbonyl (C=O) groups excluding carboxylic acids is 1. The minimum absolute atomic E-state index is 0.0198. The number of hydrogen-bond donors (Lipinski definition) is 1. The average Bonchev–Trinajstić information content (AvgIpc) is 2.80. The monoisotopic (exact) mass is 255 g/mol. The number of nitrogens with one attached hydrogen (secondary N) is 1. The predicted molar refractivity (Wildman–Crippen MR) is 67.4 cm³/mol. The van der Waals surface area contributed by atoms with E-state index in [0.717, 1.165) is 37.9 Å². The van der Waals surface area contributed by atoms with Gasteiger partial charge in [-0.05, 0) is 31.7 Å². The first-order valence-electron chi connectivity index (χ1n) is 6.22. The van der Waals surface area contributed by atoms with E-state index in [2.05, 4.69) is 5.32 Å². The summed E-state index contributed by atoms with van der Waals surface area (Å²) in [5.74, 6) is 0.738. The summed E-state index contributed by atoms with van der Waals surface area (Å²) in [4.78, 5) is 12.0. The summed E-state index contributed by atoms with van der Waals surface area (Å²) in [6, 6.07) is 2.00. The van der Waals surface area contributed by atoms with E-state index in [1.807, 2.05) is 6.92 Å². The fourth-order valence-electron chi connectivity index (χ4n) is 2.28. The maximum atomic E-state index is 12.0. The molecule has 0 bridgehead atoms. The van der Waals surface area contributed by atoms with Crippen molar-refractivity contribution >= 4 is 17.5 Å². The molecular formula is C13H18ClNO2. The van der Waals surface area contributed by atoms with Crippen LogP contribution in [0.4, 0.5) is 0 Å². The second-order valence-electron chi connectivity index (χ2n) is 4.53. The van der Waals surface area contributed by atoms with E-state index in [9.17, 15) is 4.79 Å². The first kappa shape index (κ1) is 12.5. The van der Waals surface area contributed by atoms with Crippen molar-refractivity contribution in [3.63, 3.8) is 0 Å². The molecule has 0 aliphatic heterocycles. The molecule has 1 heterocycles. The van der Waals surface area contributed by atoms with E-state index >= 15 is 0 Å². The second kappa shape index (κ2) is 5.58. The molecule has 0 aromatic carbocycles. The van der Waals surface area contributed by atoms with Gasteiger partial charge in [-0.1, -0.05) is 6.92 Å². The van der Waals surface area contributed by atoms with Crippen molar-refractivity contribution in [2.45, 2.75) is 50.4 Å². The van der Waals surface area contributed by atoms with Crippen LogP contribution < -0.4 is 5.32 Å². The molecule has 1 aliphatic rings. The molecule has 17 heavy (non-hydrogen) atoms. The molecule has 1 fully saturated rings. The number of rotatable bonds is 3. The van der Waals surface area contributed by atoms with E-state index in [-0.39, 0.29) is 17.3 Å². The van der Waals surface area contributed by atoms with Crippen LogP contribution in [0.25, 0.3) is 0 Å². The van der Waals surface area contributed by atoms with Gasteiger partial charge in [-0.15, -0.1) is 11.6 Å². The molecule has 0 spiro atoms. The highest BCUT2D eigenvalue weighted by molar-refractivity contribution is 6.20. The maximum absolute atomic E-state index is 12.0. The smallest absolute Gasteiger partial charge is 0.255 e. The highest BCUT2D eigenvalue weighted by Gasteiger charge is 2.22. The molecule has 0 radical (unpaired) electrons. The highest BCUT2D eigenvalue weighted by Crippen LogP contribution is 2.23. The molecule has 3 nitrogen and oxygen atoms in total. The van der Waals surface area contributed by atoms with Crippen LogP contribution in [-0.2, 0) is 6.42 Å². The molecule has 0 atom stereocenters. The van der Waals surface area contributed by atoms with E-state index in [1.165, 1.54) is 0 Å². The minimum atomic E-state index is -0.0198. The summed E-state index contributed by atoms with van der Waals surface area (Å²) in [5, 5.41) is 3.34. The van der Waals surface area contributed by atoms with Crippen LogP contribution in [0.2, 0.25) is 0 Å². The normalized spacial score (nSPS) is 24.6. The molecule has 1 aromatic heterocycles. The molecule has 0 unspecified atom stereocenters. The largest absolute Gasteiger partial charge is 0.469 e. The predicted octanol–water partition coefficient (Wildman–Crippen LogP) is 3.12. The number of furan rings is 1. The molecule has 1 aliphatic carbocycles. The third kappa shape index (κ3) is 3.03. The van der Waals surface area contributed by atoms with Gasteiger partial charge in [0.1, 0.15) is 5.76 Å². The quantitative estimate of drug-likeness (QED) is 0.844. The van der Waals surface area contributed by atoms with Crippen molar-refractivity contribution in [2.24, 2.45) is 0 Å². The van der Waals surface area contributed by atoms with Crippen LogP contribution in [0.5, 0.6) is 0 Å². The van der Waals surface area contributed by atoms with Crippen LogP contribution in [0.15, 0.2) is 16.7 Å². The molecule has 0 saturated heterocycles. The third-order valence-electron chi connectivity index (χ3n) is 3.30. The van der Waals surface area contributed by atoms with Crippen molar-refractivity contribution < 1.29 is 9.21 Å². The summed E-state index contributed by atoms with van der Waals surface area (Å²) in [6.07, 6.45) is 6.23. The Labute approximate surface area is 107 Å². The molecule has 1 saturated carbocycles. The van der Waals surface area contributed by atoms with Crippen LogP contribution in [0.3, 0.4) is 0 Å². The lowest BCUT2D eigenvalue weighted by atomic mass is 9.95. The molecule has 1 N–H and O–H groups in total. The zero-order valence-corrected chi connectivity index (χ0v) is 10.8. The molecule has 94 valence electrons. The van der Waals surface area contributed by atoms with Gasteiger partial charge in [0, 0.05) is 17.8 Å². The lowest BCUT2D eigenvalue weighted by Crippen LogP contribution is -2.38. The summed E-state index contributed by atoms with van der Waals surface area (Å²) in [6.45, 7) is 1.98. The molecule has 1 amide bonds. The summed E-state index contributed by atoms with van der Waals surface area (Å²) >= 11 is 6.04. The zero-order chi connectivity index (χ0) is 12.3. The van der Waals surface area contributed by atoms with Crippen molar-refractivity contribution in [1.82, 2.24) is 5.32 Å². The van der Waals surface area contributed by atoms with Crippen molar-refractivity contribution in [3.05, 3.63) is 23.7 Å². The third-order valence-corrected chi connectivity index (χ3v) is 3.74. The Morgan fingerprint density at radius 1 is 1.47 bits per heavy atom. The first-order valence-corrected chi connectivity index (χ1v) is 6.65. The topological polar surface area (TPSA) is 42.2 Å². The fourth-order valence-corrected chi connectivity index (χ4v) is 2.53. The number of halogens is 1. The van der Waals surface area contributed by atoms with E-state index in [0.29, 0.717) is 5.56 Å². The van der Waals surface area contributed by atoms with Crippen LogP contribution in [0.1, 0.15) is 48.7 Å². The van der Waals surface area contributed by atoms with Gasteiger partial charge >= 0.3 is 0 Å². The van der Waals surface area contributed by atoms with Gasteiger partial charge in [0.25, 0.3) is 5.91 Å². The van der Waals surface area contributed by atoms with E-state index in [1.54, 1.807) is 12.3 Å². The van der Waals surface area contributed by atoms with Gasteiger partial charge in [0.05, 0.1) is 11.8 Å². The Hall–Kier alpha value is -0.960. The van der Waals surface area contributed by atoms with Crippen LogP contribution >= 0.6 is 11.6 Å². The van der Waals surface area contributed by atoms with Crippen molar-refractivity contribution in [1.29, 1.82) is 0 Å². The Balaban J connectivity index is 1.93. The van der Waals surface area contributed by atoms with Crippen LogP contribution in [-0.4, -0.2) is 17.3 Å². The SMILES string of the molecule is CCc1occc1C(=O)NC1CCC(Cl)CC1. The summed E-state index contributed by atoms with van der Waals surface area (Å²) in [5.41, 5.74) is 0.667. The summed E-state index contributed by atoms with van der Waals surface area (Å²) in [7, 11) is 0. The Kier molecular flexibility index (Phi) is 4.11. The van der Waals surface area contributed by atoms with Gasteiger partial charge in [0.15, 0.2) is 0 Å². The number of aryl methyl sites for hydroxylation is 1. The highest BCUT2D eigenvalue weighted by atomic mass is 35.5. The Morgan fingerprint density at radius 2 is 2.18 bits per heavy atom. The lowest BCUT2D eigenvalue weighted by Gasteiger charge is -2.25. The zero-order valence-electron chi connectivity index (χ0n) is 10.0. The maximum Gasteiger partial charge on any atom is 0.255 e. The molecule has 1 aromatic rings. The molecular weight excluding hydrogens is 238 g/mol. The van der Waals surface area contributed by atoms with Crippen molar-refractivity contribution in [2.75, 3.05) is 0 Å². The number of amides is 1. The second-order valence-corrected chi connectivity index (χ2v) is 5.15. The van der Waals surface area contributed by atoms with Gasteiger partial charge < -0.3 is 9.73 Å². The first-order chi connectivity index (χ1) is 8.20. The molecule has 4 heteroatoms. The standard InChI is InChI=1S/C13H18ClNO2/c1-2-12-11(7-8-17-12)13(16)15-10-5-3-9(14)4-6-10/h7-10H,2-6H2,1H3,(H,15,16). The molecule has 2 rings (SSSR count). The average molecular weight is 256 g/mol. The number of hydrogen-bond acceptors (Lipinski definition) is 2. The van der Waals surface area contributed by atoms with Gasteiger partial charge in [-0.25, -0.2) is 0 Å². The number of alkyl halides is 1. The fraction of sp³-hybridized carbons (Fsp3) is 0.615. The lowest BCUT2D eigenvalue weighted by molar-refractivity contribution is 0.0926. The Bertz CT molecular complexity index is 381. The van der Waals surface area contributed by atoms with E-state index < -0.39 is 0 Å². The van der Waals surface area contributed by atoms with Gasteiger partial charge in [0.2, 0.25) is 0 Å². The number of carbonyl (C=O) groups is 1. The van der Waals surface area contributed by atoms with E-state index in [4.69, 9.17) is 16.0 Å². The van der Waals surface area contributed by atoms with Crippen molar-refractivity contribution in [3.8, 4) is 0 Å². The van der Waals surface area contributed by atoms with Crippen LogP contribution in [0, 0.1) is 0 Å².